The van der Waals surface area contributed by atoms with Gasteiger partial charge in [0.2, 0.25) is 0 Å². The topological polar surface area (TPSA) is 29.5 Å². The lowest BCUT2D eigenvalue weighted by Crippen LogP contribution is -2.34. The van der Waals surface area contributed by atoms with Gasteiger partial charge in [-0.25, -0.2) is 4.79 Å². The Hall–Kier alpha value is -1.06. The van der Waals surface area contributed by atoms with Crippen LogP contribution in [0, 0.1) is 0 Å². The summed E-state index contributed by atoms with van der Waals surface area (Å²) in [5.41, 5.74) is 0.385. The Labute approximate surface area is 114 Å². The van der Waals surface area contributed by atoms with E-state index in [9.17, 15) is 4.79 Å². The number of rotatable bonds is 3. The van der Waals surface area contributed by atoms with Gasteiger partial charge in [0.15, 0.2) is 0 Å². The van der Waals surface area contributed by atoms with Crippen molar-refractivity contribution < 1.29 is 9.53 Å². The first-order chi connectivity index (χ1) is 8.20. The molecule has 0 fully saturated rings. The number of esters is 1. The third-order valence-corrected chi connectivity index (χ3v) is 2.58. The Morgan fingerprint density at radius 1 is 1.22 bits per heavy atom. The fourth-order valence-electron chi connectivity index (χ4n) is 1.65. The van der Waals surface area contributed by atoms with Crippen LogP contribution in [0.25, 0.3) is 0 Å². The van der Waals surface area contributed by atoms with Gasteiger partial charge in [0, 0.05) is 5.02 Å². The highest BCUT2D eigenvalue weighted by Gasteiger charge is 2.28. The summed E-state index contributed by atoms with van der Waals surface area (Å²) in [4.78, 5) is 14.0. The quantitative estimate of drug-likeness (QED) is 0.789. The summed E-state index contributed by atoms with van der Waals surface area (Å²) in [7, 11) is 3.70. The molecule has 1 aromatic carbocycles. The van der Waals surface area contributed by atoms with E-state index in [0.717, 1.165) is 5.56 Å². The molecule has 0 aromatic heterocycles. The number of carbonyl (C=O) groups excluding carboxylic acids is 1. The molecule has 0 radical (unpaired) electrons. The van der Waals surface area contributed by atoms with Crippen LogP contribution in [0.1, 0.15) is 32.4 Å². The first-order valence-electron chi connectivity index (χ1n) is 5.85. The summed E-state index contributed by atoms with van der Waals surface area (Å²) in [6.45, 7) is 5.58. The lowest BCUT2D eigenvalue weighted by molar-refractivity contribution is -0.160. The summed E-state index contributed by atoms with van der Waals surface area (Å²) in [6.07, 6.45) is 0. The lowest BCUT2D eigenvalue weighted by atomic mass is 10.1. The Morgan fingerprint density at radius 2 is 1.72 bits per heavy atom. The number of hydrogen-bond acceptors (Lipinski definition) is 3. The van der Waals surface area contributed by atoms with Crippen molar-refractivity contribution in [3.63, 3.8) is 0 Å². The highest BCUT2D eigenvalue weighted by Crippen LogP contribution is 2.24. The number of likely N-dealkylation sites (N-methyl/N-ethyl adjacent to an activating group) is 1. The van der Waals surface area contributed by atoms with Gasteiger partial charge in [0.1, 0.15) is 11.6 Å². The Balaban J connectivity index is 2.96. The van der Waals surface area contributed by atoms with E-state index in [1.807, 2.05) is 51.9 Å². The summed E-state index contributed by atoms with van der Waals surface area (Å²) in [5, 5.41) is 0.653. The van der Waals surface area contributed by atoms with Crippen molar-refractivity contribution in [3.05, 3.63) is 34.9 Å². The van der Waals surface area contributed by atoms with Gasteiger partial charge < -0.3 is 4.74 Å². The van der Waals surface area contributed by atoms with E-state index in [4.69, 9.17) is 16.3 Å². The zero-order valence-electron chi connectivity index (χ0n) is 11.5. The summed E-state index contributed by atoms with van der Waals surface area (Å²) in [6, 6.07) is 6.82. The largest absolute Gasteiger partial charge is 0.459 e. The SMILES string of the molecule is CN(C)C(C(=O)OC(C)(C)C)c1ccc(Cl)cc1. The third-order valence-electron chi connectivity index (χ3n) is 2.33. The molecule has 0 aliphatic carbocycles. The lowest BCUT2D eigenvalue weighted by Gasteiger charge is -2.27. The maximum Gasteiger partial charge on any atom is 0.328 e. The zero-order valence-corrected chi connectivity index (χ0v) is 12.3. The van der Waals surface area contributed by atoms with E-state index < -0.39 is 11.6 Å². The smallest absolute Gasteiger partial charge is 0.328 e. The van der Waals surface area contributed by atoms with Crippen molar-refractivity contribution in [1.82, 2.24) is 4.90 Å². The molecule has 1 atom stereocenters. The van der Waals surface area contributed by atoms with Gasteiger partial charge in [-0.1, -0.05) is 23.7 Å². The molecule has 0 saturated heterocycles. The van der Waals surface area contributed by atoms with E-state index >= 15 is 0 Å². The first-order valence-corrected chi connectivity index (χ1v) is 6.23. The van der Waals surface area contributed by atoms with Gasteiger partial charge in [0.25, 0.3) is 0 Å². The van der Waals surface area contributed by atoms with Gasteiger partial charge in [-0.2, -0.15) is 0 Å². The van der Waals surface area contributed by atoms with Crippen molar-refractivity contribution in [2.45, 2.75) is 32.4 Å². The predicted molar refractivity (Wildman–Crippen MR) is 73.7 cm³/mol. The standard InChI is InChI=1S/C14H20ClNO2/c1-14(2,3)18-13(17)12(16(4)5)10-6-8-11(15)9-7-10/h6-9,12H,1-5H3. The summed E-state index contributed by atoms with van der Waals surface area (Å²) < 4.78 is 5.43. The van der Waals surface area contributed by atoms with E-state index in [1.165, 1.54) is 0 Å². The van der Waals surface area contributed by atoms with Crippen molar-refractivity contribution in [2.75, 3.05) is 14.1 Å². The monoisotopic (exact) mass is 269 g/mol. The maximum absolute atomic E-state index is 12.2. The first kappa shape index (κ1) is 15.0. The van der Waals surface area contributed by atoms with Crippen LogP contribution in [0.15, 0.2) is 24.3 Å². The average Bonchev–Trinajstić information content (AvgIpc) is 2.18. The van der Waals surface area contributed by atoms with E-state index in [-0.39, 0.29) is 5.97 Å². The molecular weight excluding hydrogens is 250 g/mol. The minimum absolute atomic E-state index is 0.255. The molecule has 18 heavy (non-hydrogen) atoms. The molecule has 0 bridgehead atoms. The third kappa shape index (κ3) is 4.31. The minimum Gasteiger partial charge on any atom is -0.459 e. The van der Waals surface area contributed by atoms with Crippen LogP contribution in [0.2, 0.25) is 5.02 Å². The summed E-state index contributed by atoms with van der Waals surface area (Å²) >= 11 is 5.85. The van der Waals surface area contributed by atoms with Crippen LogP contribution in [0.3, 0.4) is 0 Å². The van der Waals surface area contributed by atoms with Gasteiger partial charge in [-0.05, 0) is 52.6 Å². The molecule has 100 valence electrons. The van der Waals surface area contributed by atoms with Crippen molar-refractivity contribution in [1.29, 1.82) is 0 Å². The maximum atomic E-state index is 12.2. The zero-order chi connectivity index (χ0) is 13.9. The van der Waals surface area contributed by atoms with Crippen LogP contribution in [0.5, 0.6) is 0 Å². The second-order valence-corrected chi connectivity index (χ2v) is 5.89. The number of ether oxygens (including phenoxy) is 1. The van der Waals surface area contributed by atoms with Gasteiger partial charge in [-0.3, -0.25) is 4.90 Å². The number of benzene rings is 1. The van der Waals surface area contributed by atoms with Crippen molar-refractivity contribution >= 4 is 17.6 Å². The number of hydrogen-bond donors (Lipinski definition) is 0. The second-order valence-electron chi connectivity index (χ2n) is 5.45. The predicted octanol–water partition coefficient (Wildman–Crippen LogP) is 3.28. The average molecular weight is 270 g/mol. The Bertz CT molecular complexity index is 407. The van der Waals surface area contributed by atoms with E-state index in [0.29, 0.717) is 5.02 Å². The van der Waals surface area contributed by atoms with E-state index in [2.05, 4.69) is 0 Å². The molecule has 0 aliphatic rings. The normalized spacial score (nSPS) is 13.5. The van der Waals surface area contributed by atoms with Gasteiger partial charge >= 0.3 is 5.97 Å². The molecule has 0 spiro atoms. The van der Waals surface area contributed by atoms with Crippen molar-refractivity contribution in [2.24, 2.45) is 0 Å². The molecule has 1 aromatic rings. The van der Waals surface area contributed by atoms with Crippen LogP contribution in [-0.4, -0.2) is 30.6 Å². The molecule has 0 heterocycles. The number of halogens is 1. The minimum atomic E-state index is -0.488. The van der Waals surface area contributed by atoms with Crippen LogP contribution in [-0.2, 0) is 9.53 Å². The molecule has 0 saturated carbocycles. The number of nitrogens with zero attached hydrogens (tertiary/aromatic N) is 1. The Kier molecular flexibility index (Phi) is 4.77. The molecule has 0 N–H and O–H groups in total. The van der Waals surface area contributed by atoms with Crippen LogP contribution in [0.4, 0.5) is 0 Å². The fourth-order valence-corrected chi connectivity index (χ4v) is 1.77. The second kappa shape index (κ2) is 5.72. The van der Waals surface area contributed by atoms with Gasteiger partial charge in [-0.15, -0.1) is 0 Å². The molecule has 3 nitrogen and oxygen atoms in total. The van der Waals surface area contributed by atoms with Gasteiger partial charge in [0.05, 0.1) is 0 Å². The summed E-state index contributed by atoms with van der Waals surface area (Å²) in [5.74, 6) is -0.255. The van der Waals surface area contributed by atoms with Crippen LogP contribution < -0.4 is 0 Å². The highest BCUT2D eigenvalue weighted by atomic mass is 35.5. The molecular formula is C14H20ClNO2. The Morgan fingerprint density at radius 3 is 2.11 bits per heavy atom. The van der Waals surface area contributed by atoms with Crippen molar-refractivity contribution in [3.8, 4) is 0 Å². The molecule has 0 amide bonds. The molecule has 1 unspecified atom stereocenters. The van der Waals surface area contributed by atoms with E-state index in [1.54, 1.807) is 12.1 Å². The molecule has 0 aliphatic heterocycles. The fraction of sp³-hybridized carbons (Fsp3) is 0.500. The van der Waals surface area contributed by atoms with Crippen LogP contribution >= 0.6 is 11.6 Å². The number of carbonyl (C=O) groups is 1. The molecule has 1 rings (SSSR count). The molecule has 4 heteroatoms. The highest BCUT2D eigenvalue weighted by molar-refractivity contribution is 6.30.